The van der Waals surface area contributed by atoms with Crippen LogP contribution in [0.25, 0.3) is 0 Å². The van der Waals surface area contributed by atoms with E-state index >= 15 is 0 Å². The zero-order valence-electron chi connectivity index (χ0n) is 11.8. The normalized spacial score (nSPS) is 16.5. The van der Waals surface area contributed by atoms with Gasteiger partial charge in [0, 0.05) is 72.1 Å². The van der Waals surface area contributed by atoms with E-state index in [4.69, 9.17) is 0 Å². The number of halogens is 1. The lowest BCUT2D eigenvalue weighted by Gasteiger charge is -2.34. The lowest BCUT2D eigenvalue weighted by molar-refractivity contribution is 0.257. The molecule has 0 unspecified atom stereocenters. The SMILES string of the molecule is Brc1csc(CNCCN2CCN(c3nccs3)CC2)c1. The Morgan fingerprint density at radius 2 is 2.10 bits per heavy atom. The van der Waals surface area contributed by atoms with Gasteiger partial charge in [0.2, 0.25) is 0 Å². The summed E-state index contributed by atoms with van der Waals surface area (Å²) in [4.78, 5) is 10.7. The number of thiazole rings is 1. The summed E-state index contributed by atoms with van der Waals surface area (Å²) in [6.07, 6.45) is 1.89. The molecule has 1 aliphatic rings. The average molecular weight is 387 g/mol. The Balaban J connectivity index is 1.32. The summed E-state index contributed by atoms with van der Waals surface area (Å²) in [5.41, 5.74) is 0. The summed E-state index contributed by atoms with van der Waals surface area (Å²) in [6, 6.07) is 2.18. The molecule has 0 amide bonds. The van der Waals surface area contributed by atoms with Crippen molar-refractivity contribution >= 4 is 43.7 Å². The molecule has 21 heavy (non-hydrogen) atoms. The van der Waals surface area contributed by atoms with Gasteiger partial charge in [-0.1, -0.05) is 0 Å². The van der Waals surface area contributed by atoms with Gasteiger partial charge < -0.3 is 10.2 Å². The molecular weight excluding hydrogens is 368 g/mol. The van der Waals surface area contributed by atoms with Crippen LogP contribution in [0.5, 0.6) is 0 Å². The lowest BCUT2D eigenvalue weighted by atomic mass is 10.3. The maximum atomic E-state index is 4.39. The molecule has 0 atom stereocenters. The molecule has 2 aromatic heterocycles. The fourth-order valence-electron chi connectivity index (χ4n) is 2.43. The van der Waals surface area contributed by atoms with Crippen molar-refractivity contribution in [3.05, 3.63) is 32.4 Å². The number of piperazine rings is 1. The zero-order chi connectivity index (χ0) is 14.5. The Labute approximate surface area is 141 Å². The highest BCUT2D eigenvalue weighted by atomic mass is 79.9. The Morgan fingerprint density at radius 3 is 2.76 bits per heavy atom. The molecule has 0 aliphatic carbocycles. The summed E-state index contributed by atoms with van der Waals surface area (Å²) < 4.78 is 1.18. The van der Waals surface area contributed by atoms with Gasteiger partial charge in [0.15, 0.2) is 5.13 Å². The van der Waals surface area contributed by atoms with Crippen molar-refractivity contribution in [1.82, 2.24) is 15.2 Å². The van der Waals surface area contributed by atoms with Crippen LogP contribution in [0, 0.1) is 0 Å². The van der Waals surface area contributed by atoms with Gasteiger partial charge in [-0.3, -0.25) is 4.90 Å². The fraction of sp³-hybridized carbons (Fsp3) is 0.500. The molecule has 4 nitrogen and oxygen atoms in total. The lowest BCUT2D eigenvalue weighted by Crippen LogP contribution is -2.48. The molecule has 3 heterocycles. The van der Waals surface area contributed by atoms with Gasteiger partial charge in [0.25, 0.3) is 0 Å². The van der Waals surface area contributed by atoms with Gasteiger partial charge in [-0.15, -0.1) is 22.7 Å². The molecule has 1 aliphatic heterocycles. The molecule has 1 saturated heterocycles. The van der Waals surface area contributed by atoms with Crippen molar-refractivity contribution < 1.29 is 0 Å². The third-order valence-corrected chi connectivity index (χ3v) is 6.12. The van der Waals surface area contributed by atoms with Crippen molar-refractivity contribution in [1.29, 1.82) is 0 Å². The van der Waals surface area contributed by atoms with Crippen LogP contribution in [0.3, 0.4) is 0 Å². The van der Waals surface area contributed by atoms with Crippen molar-refractivity contribution in [3.63, 3.8) is 0 Å². The molecule has 0 aromatic carbocycles. The Kier molecular flexibility index (Phi) is 5.65. The van der Waals surface area contributed by atoms with Crippen molar-refractivity contribution in [3.8, 4) is 0 Å². The van der Waals surface area contributed by atoms with Gasteiger partial charge >= 0.3 is 0 Å². The number of nitrogens with zero attached hydrogens (tertiary/aromatic N) is 3. The number of hydrogen-bond acceptors (Lipinski definition) is 6. The van der Waals surface area contributed by atoms with Crippen LogP contribution < -0.4 is 10.2 Å². The standard InChI is InChI=1S/C14H19BrN4S2/c15-12-9-13(21-11-12)10-16-1-3-18-4-6-19(7-5-18)14-17-2-8-20-14/h2,8-9,11,16H,1,3-7,10H2. The van der Waals surface area contributed by atoms with E-state index in [0.717, 1.165) is 50.9 Å². The van der Waals surface area contributed by atoms with Crippen molar-refractivity contribution in [2.24, 2.45) is 0 Å². The quantitative estimate of drug-likeness (QED) is 0.773. The van der Waals surface area contributed by atoms with Gasteiger partial charge in [0.05, 0.1) is 0 Å². The van der Waals surface area contributed by atoms with E-state index in [0.29, 0.717) is 0 Å². The highest BCUT2D eigenvalue weighted by Gasteiger charge is 2.17. The fourth-order valence-corrected chi connectivity index (χ4v) is 4.55. The first kappa shape index (κ1) is 15.4. The van der Waals surface area contributed by atoms with E-state index in [1.54, 1.807) is 22.7 Å². The third kappa shape index (κ3) is 4.50. The van der Waals surface area contributed by atoms with Crippen LogP contribution in [-0.2, 0) is 6.54 Å². The molecular formula is C14H19BrN4S2. The third-order valence-electron chi connectivity index (χ3n) is 3.59. The molecule has 114 valence electrons. The molecule has 1 fully saturated rings. The minimum Gasteiger partial charge on any atom is -0.346 e. The monoisotopic (exact) mass is 386 g/mol. The van der Waals surface area contributed by atoms with E-state index < -0.39 is 0 Å². The summed E-state index contributed by atoms with van der Waals surface area (Å²) in [7, 11) is 0. The predicted octanol–water partition coefficient (Wildman–Crippen LogP) is 2.88. The molecule has 0 saturated carbocycles. The maximum absolute atomic E-state index is 4.39. The number of nitrogens with one attached hydrogen (secondary N) is 1. The van der Waals surface area contributed by atoms with Gasteiger partial charge in [-0.25, -0.2) is 4.98 Å². The molecule has 0 bridgehead atoms. The van der Waals surface area contributed by atoms with Gasteiger partial charge in [0.1, 0.15) is 0 Å². The Bertz CT molecular complexity index is 535. The Morgan fingerprint density at radius 1 is 1.24 bits per heavy atom. The van der Waals surface area contributed by atoms with Crippen molar-refractivity contribution in [2.75, 3.05) is 44.2 Å². The average Bonchev–Trinajstić information content (AvgIpc) is 3.16. The van der Waals surface area contributed by atoms with E-state index in [1.165, 1.54) is 9.35 Å². The van der Waals surface area contributed by atoms with Gasteiger partial charge in [-0.05, 0) is 22.0 Å². The molecule has 2 aromatic rings. The topological polar surface area (TPSA) is 31.4 Å². The predicted molar refractivity (Wildman–Crippen MR) is 94.5 cm³/mol. The van der Waals surface area contributed by atoms with Crippen LogP contribution in [0.15, 0.2) is 27.5 Å². The van der Waals surface area contributed by atoms with Gasteiger partial charge in [-0.2, -0.15) is 0 Å². The first-order valence-corrected chi connectivity index (χ1v) is 9.67. The van der Waals surface area contributed by atoms with E-state index in [-0.39, 0.29) is 0 Å². The summed E-state index contributed by atoms with van der Waals surface area (Å²) in [5, 5.41) is 8.87. The number of anilines is 1. The highest BCUT2D eigenvalue weighted by Crippen LogP contribution is 2.20. The van der Waals surface area contributed by atoms with E-state index in [1.807, 2.05) is 6.20 Å². The molecule has 1 N–H and O–H groups in total. The smallest absolute Gasteiger partial charge is 0.185 e. The maximum Gasteiger partial charge on any atom is 0.185 e. The second kappa shape index (κ2) is 7.69. The summed E-state index contributed by atoms with van der Waals surface area (Å²) in [6.45, 7) is 7.58. The molecule has 0 spiro atoms. The number of rotatable bonds is 6. The van der Waals surface area contributed by atoms with Crippen LogP contribution in [-0.4, -0.2) is 49.2 Å². The Hall–Kier alpha value is -0.470. The minimum absolute atomic E-state index is 0.968. The van der Waals surface area contributed by atoms with Crippen LogP contribution in [0.2, 0.25) is 0 Å². The second-order valence-electron chi connectivity index (χ2n) is 5.05. The second-order valence-corrected chi connectivity index (χ2v) is 7.84. The number of thiophene rings is 1. The molecule has 7 heteroatoms. The van der Waals surface area contributed by atoms with Crippen molar-refractivity contribution in [2.45, 2.75) is 6.54 Å². The van der Waals surface area contributed by atoms with Crippen LogP contribution in [0.4, 0.5) is 5.13 Å². The highest BCUT2D eigenvalue weighted by molar-refractivity contribution is 9.10. The molecule has 0 radical (unpaired) electrons. The summed E-state index contributed by atoms with van der Waals surface area (Å²) in [5.74, 6) is 0. The van der Waals surface area contributed by atoms with Crippen LogP contribution >= 0.6 is 38.6 Å². The first-order chi connectivity index (χ1) is 10.3. The van der Waals surface area contributed by atoms with Crippen LogP contribution in [0.1, 0.15) is 4.88 Å². The molecule has 3 rings (SSSR count). The zero-order valence-corrected chi connectivity index (χ0v) is 15.0. The minimum atomic E-state index is 0.968. The van der Waals surface area contributed by atoms with E-state index in [9.17, 15) is 0 Å². The number of hydrogen-bond donors (Lipinski definition) is 1. The van der Waals surface area contributed by atoms with E-state index in [2.05, 4.69) is 52.9 Å². The largest absolute Gasteiger partial charge is 0.346 e. The first-order valence-electron chi connectivity index (χ1n) is 7.12. The number of aromatic nitrogens is 1. The summed E-state index contributed by atoms with van der Waals surface area (Å²) >= 11 is 7.02.